The van der Waals surface area contributed by atoms with Gasteiger partial charge in [-0.1, -0.05) is 38.1 Å². The highest BCUT2D eigenvalue weighted by Crippen LogP contribution is 2.19. The average Bonchev–Trinajstić information content (AvgIpc) is 2.53. The van der Waals surface area contributed by atoms with E-state index in [1.54, 1.807) is 12.1 Å². The molecule has 21 heavy (non-hydrogen) atoms. The van der Waals surface area contributed by atoms with Crippen molar-refractivity contribution in [2.24, 2.45) is 5.84 Å². The van der Waals surface area contributed by atoms with Crippen LogP contribution in [0.25, 0.3) is 0 Å². The Morgan fingerprint density at radius 1 is 1.10 bits per heavy atom. The van der Waals surface area contributed by atoms with Gasteiger partial charge in [-0.05, 0) is 41.3 Å². The van der Waals surface area contributed by atoms with E-state index in [-0.39, 0.29) is 5.91 Å². The van der Waals surface area contributed by atoms with Gasteiger partial charge in [0.15, 0.2) is 0 Å². The van der Waals surface area contributed by atoms with Crippen molar-refractivity contribution in [3.63, 3.8) is 0 Å². The molecule has 0 aromatic heterocycles. The maximum absolute atomic E-state index is 11.3. The number of hydrogen-bond acceptors (Lipinski definition) is 3. The molecule has 1 amide bonds. The predicted octanol–water partition coefficient (Wildman–Crippen LogP) is 2.99. The molecule has 2 rings (SSSR count). The van der Waals surface area contributed by atoms with E-state index in [1.807, 2.05) is 24.3 Å². The second kappa shape index (κ2) is 6.90. The smallest absolute Gasteiger partial charge is 0.265 e. The number of rotatable bonds is 5. The molecule has 0 radical (unpaired) electrons. The van der Waals surface area contributed by atoms with E-state index < -0.39 is 0 Å². The highest BCUT2D eigenvalue weighted by molar-refractivity contribution is 5.93. The van der Waals surface area contributed by atoms with Crippen molar-refractivity contribution >= 4 is 5.91 Å². The van der Waals surface area contributed by atoms with Gasteiger partial charge >= 0.3 is 0 Å². The molecule has 4 heteroatoms. The summed E-state index contributed by atoms with van der Waals surface area (Å²) in [5.74, 6) is 6.14. The normalized spacial score (nSPS) is 10.5. The first-order valence-corrected chi connectivity index (χ1v) is 6.93. The number of nitrogens with two attached hydrogens (primary N) is 1. The Kier molecular flexibility index (Phi) is 4.95. The Balaban J connectivity index is 1.95. The van der Waals surface area contributed by atoms with Crippen LogP contribution >= 0.6 is 0 Å². The molecule has 0 atom stereocenters. The van der Waals surface area contributed by atoms with Gasteiger partial charge in [-0.15, -0.1) is 0 Å². The van der Waals surface area contributed by atoms with E-state index in [2.05, 4.69) is 31.4 Å². The molecule has 0 heterocycles. The summed E-state index contributed by atoms with van der Waals surface area (Å²) in [5, 5.41) is 0. The third-order valence-electron chi connectivity index (χ3n) is 3.30. The highest BCUT2D eigenvalue weighted by atomic mass is 16.5. The molecule has 0 saturated heterocycles. The van der Waals surface area contributed by atoms with E-state index in [9.17, 15) is 4.79 Å². The van der Waals surface area contributed by atoms with Gasteiger partial charge in [0, 0.05) is 5.56 Å². The molecule has 4 nitrogen and oxygen atoms in total. The van der Waals surface area contributed by atoms with Gasteiger partial charge in [-0.3, -0.25) is 10.2 Å². The van der Waals surface area contributed by atoms with Gasteiger partial charge in [0.05, 0.1) is 0 Å². The zero-order chi connectivity index (χ0) is 15.2. The van der Waals surface area contributed by atoms with Crippen molar-refractivity contribution in [1.29, 1.82) is 0 Å². The van der Waals surface area contributed by atoms with Crippen LogP contribution in [0.15, 0.2) is 48.5 Å². The van der Waals surface area contributed by atoms with E-state index >= 15 is 0 Å². The fourth-order valence-corrected chi connectivity index (χ4v) is 1.95. The molecule has 0 fully saturated rings. The number of amides is 1. The first-order valence-electron chi connectivity index (χ1n) is 6.93. The fraction of sp³-hybridized carbons (Fsp3) is 0.235. The molecule has 0 aliphatic carbocycles. The van der Waals surface area contributed by atoms with Crippen LogP contribution in [0.2, 0.25) is 0 Å². The predicted molar refractivity (Wildman–Crippen MR) is 83.0 cm³/mol. The van der Waals surface area contributed by atoms with Crippen LogP contribution in [0.1, 0.15) is 41.3 Å². The molecule has 0 aliphatic rings. The van der Waals surface area contributed by atoms with Crippen molar-refractivity contribution in [2.75, 3.05) is 0 Å². The first kappa shape index (κ1) is 15.1. The lowest BCUT2D eigenvalue weighted by Crippen LogP contribution is -2.29. The van der Waals surface area contributed by atoms with Crippen LogP contribution < -0.4 is 16.0 Å². The Labute approximate surface area is 124 Å². The van der Waals surface area contributed by atoms with Crippen LogP contribution in [0.3, 0.4) is 0 Å². The number of nitrogen functional groups attached to an aromatic ring is 1. The van der Waals surface area contributed by atoms with Crippen LogP contribution in [0.5, 0.6) is 5.75 Å². The molecule has 0 aliphatic heterocycles. The molecular weight excluding hydrogens is 264 g/mol. The molecule has 110 valence electrons. The van der Waals surface area contributed by atoms with E-state index in [0.717, 1.165) is 11.3 Å². The van der Waals surface area contributed by atoms with Gasteiger partial charge < -0.3 is 4.74 Å². The van der Waals surface area contributed by atoms with Gasteiger partial charge in [0.25, 0.3) is 5.91 Å². The lowest BCUT2D eigenvalue weighted by atomic mass is 10.0. The molecule has 0 bridgehead atoms. The molecule has 0 saturated carbocycles. The minimum absolute atomic E-state index is 0.299. The minimum Gasteiger partial charge on any atom is -0.489 e. The van der Waals surface area contributed by atoms with Crippen LogP contribution in [-0.2, 0) is 6.61 Å². The Morgan fingerprint density at radius 2 is 1.71 bits per heavy atom. The number of nitrogens with one attached hydrogen (secondary N) is 1. The van der Waals surface area contributed by atoms with Crippen LogP contribution in [0, 0.1) is 0 Å². The summed E-state index contributed by atoms with van der Waals surface area (Å²) >= 11 is 0. The third-order valence-corrected chi connectivity index (χ3v) is 3.30. The standard InChI is InChI=1S/C17H20N2O2/c1-12(2)14-7-9-16(10-8-14)21-11-13-3-5-15(6-4-13)17(20)19-18/h3-10,12H,11,18H2,1-2H3,(H,19,20). The van der Waals surface area contributed by atoms with Crippen LogP contribution in [-0.4, -0.2) is 5.91 Å². The third kappa shape index (κ3) is 4.07. The van der Waals surface area contributed by atoms with Crippen LogP contribution in [0.4, 0.5) is 0 Å². The average molecular weight is 284 g/mol. The van der Waals surface area contributed by atoms with Crippen molar-refractivity contribution < 1.29 is 9.53 Å². The van der Waals surface area contributed by atoms with Gasteiger partial charge in [-0.25, -0.2) is 5.84 Å². The second-order valence-electron chi connectivity index (χ2n) is 5.18. The van der Waals surface area contributed by atoms with Crippen molar-refractivity contribution in [2.45, 2.75) is 26.4 Å². The lowest BCUT2D eigenvalue weighted by Gasteiger charge is -2.09. The number of ether oxygens (including phenoxy) is 1. The Bertz CT molecular complexity index is 589. The number of hydrazine groups is 1. The molecule has 2 aromatic carbocycles. The van der Waals surface area contributed by atoms with E-state index in [4.69, 9.17) is 10.6 Å². The van der Waals surface area contributed by atoms with Crippen molar-refractivity contribution in [3.8, 4) is 5.75 Å². The topological polar surface area (TPSA) is 64.3 Å². The summed E-state index contributed by atoms with van der Waals surface area (Å²) in [6, 6.07) is 15.3. The van der Waals surface area contributed by atoms with Gasteiger partial charge in [-0.2, -0.15) is 0 Å². The Morgan fingerprint density at radius 3 is 2.24 bits per heavy atom. The van der Waals surface area contributed by atoms with Crippen molar-refractivity contribution in [3.05, 3.63) is 65.2 Å². The SMILES string of the molecule is CC(C)c1ccc(OCc2ccc(C(=O)NN)cc2)cc1. The fourth-order valence-electron chi connectivity index (χ4n) is 1.95. The number of carbonyl (C=O) groups excluding carboxylic acids is 1. The zero-order valence-electron chi connectivity index (χ0n) is 12.3. The summed E-state index contributed by atoms with van der Waals surface area (Å²) in [4.78, 5) is 11.3. The molecule has 3 N–H and O–H groups in total. The molecular formula is C17H20N2O2. The molecule has 2 aromatic rings. The number of carbonyl (C=O) groups is 1. The zero-order valence-corrected chi connectivity index (χ0v) is 12.3. The molecule has 0 spiro atoms. The largest absolute Gasteiger partial charge is 0.489 e. The summed E-state index contributed by atoms with van der Waals surface area (Å²) < 4.78 is 5.73. The number of hydrogen-bond donors (Lipinski definition) is 2. The maximum atomic E-state index is 11.3. The Hall–Kier alpha value is -2.33. The summed E-state index contributed by atoms with van der Waals surface area (Å²) in [7, 11) is 0. The summed E-state index contributed by atoms with van der Waals surface area (Å²) in [6.07, 6.45) is 0. The highest BCUT2D eigenvalue weighted by Gasteiger charge is 2.03. The van der Waals surface area contributed by atoms with E-state index in [1.165, 1.54) is 5.56 Å². The quantitative estimate of drug-likeness (QED) is 0.504. The first-order chi connectivity index (χ1) is 10.1. The van der Waals surface area contributed by atoms with Gasteiger partial charge in [0.2, 0.25) is 0 Å². The number of benzene rings is 2. The summed E-state index contributed by atoms with van der Waals surface area (Å²) in [5.41, 5.74) is 4.92. The van der Waals surface area contributed by atoms with Crippen molar-refractivity contribution in [1.82, 2.24) is 5.43 Å². The second-order valence-corrected chi connectivity index (χ2v) is 5.18. The lowest BCUT2D eigenvalue weighted by molar-refractivity contribution is 0.0953. The van der Waals surface area contributed by atoms with E-state index in [0.29, 0.717) is 18.1 Å². The minimum atomic E-state index is -0.299. The summed E-state index contributed by atoms with van der Waals surface area (Å²) in [6.45, 7) is 4.79. The maximum Gasteiger partial charge on any atom is 0.265 e. The monoisotopic (exact) mass is 284 g/mol. The molecule has 0 unspecified atom stereocenters. The van der Waals surface area contributed by atoms with Gasteiger partial charge in [0.1, 0.15) is 12.4 Å².